The minimum absolute atomic E-state index is 0.0467. The maximum Gasteiger partial charge on any atom is 0.139 e. The van der Waals surface area contributed by atoms with Gasteiger partial charge in [0.1, 0.15) is 19.6 Å². The maximum atomic E-state index is 13.0. The number of hydrogen-bond acceptors (Lipinski definition) is 2. The van der Waals surface area contributed by atoms with Crippen LogP contribution in [-0.4, -0.2) is 18.6 Å². The van der Waals surface area contributed by atoms with Crippen LogP contribution >= 0.6 is 0 Å². The number of rotatable bonds is 4. The minimum Gasteiger partial charge on any atom is -0.384 e. The zero-order chi connectivity index (χ0) is 17.4. The van der Waals surface area contributed by atoms with Crippen molar-refractivity contribution in [2.75, 3.05) is 0 Å². The molecule has 3 heteroatoms. The molecule has 0 aliphatic carbocycles. The quantitative estimate of drug-likeness (QED) is 0.631. The number of fused-ring (bicyclic) bond motifs is 1. The predicted octanol–water partition coefficient (Wildman–Crippen LogP) is 5.05. The normalized spacial score (nSPS) is 13.8. The fourth-order valence-electron chi connectivity index (χ4n) is 2.54. The average Bonchev–Trinajstić information content (AvgIpc) is 2.51. The first-order valence-corrected chi connectivity index (χ1v) is 11.0. The zero-order valence-corrected chi connectivity index (χ0v) is 15.7. The van der Waals surface area contributed by atoms with Gasteiger partial charge in [-0.2, -0.15) is 0 Å². The van der Waals surface area contributed by atoms with Gasteiger partial charge in [-0.15, -0.1) is 0 Å². The summed E-state index contributed by atoms with van der Waals surface area (Å²) in [5.74, 6) is 0. The molecule has 1 unspecified atom stereocenters. The van der Waals surface area contributed by atoms with Crippen molar-refractivity contribution in [1.29, 1.82) is 0 Å². The van der Waals surface area contributed by atoms with Gasteiger partial charge >= 0.3 is 0 Å². The number of benzene rings is 2. The van der Waals surface area contributed by atoms with Crippen molar-refractivity contribution in [2.45, 2.75) is 45.0 Å². The smallest absolute Gasteiger partial charge is 0.139 e. The third-order valence-electron chi connectivity index (χ3n) is 5.18. The predicted molar refractivity (Wildman–Crippen MR) is 100 cm³/mol. The summed E-state index contributed by atoms with van der Waals surface area (Å²) in [7, 11) is -2.23. The van der Waals surface area contributed by atoms with Crippen LogP contribution in [0.2, 0.25) is 18.1 Å². The number of carbonyl (C=O) groups excluding carboxylic acids is 1. The van der Waals surface area contributed by atoms with E-state index in [9.17, 15) is 9.90 Å². The highest BCUT2D eigenvalue weighted by molar-refractivity contribution is 7.08. The van der Waals surface area contributed by atoms with Crippen molar-refractivity contribution in [2.24, 2.45) is 0 Å². The Kier molecular flexibility index (Phi) is 4.65. The van der Waals surface area contributed by atoms with Crippen LogP contribution in [0.5, 0.6) is 0 Å². The Bertz CT molecular complexity index is 748. The summed E-state index contributed by atoms with van der Waals surface area (Å²) in [6.07, 6.45) is -0.956. The summed E-state index contributed by atoms with van der Waals surface area (Å²) < 4.78 is 0. The lowest BCUT2D eigenvalue weighted by Gasteiger charge is -2.36. The topological polar surface area (TPSA) is 37.3 Å². The van der Waals surface area contributed by atoms with Gasteiger partial charge in [0.15, 0.2) is 0 Å². The average molecular weight is 327 g/mol. The highest BCUT2D eigenvalue weighted by atomic mass is 28.3. The Morgan fingerprint density at radius 2 is 1.65 bits per heavy atom. The van der Waals surface area contributed by atoms with Crippen molar-refractivity contribution in [3.8, 4) is 0 Å². The van der Waals surface area contributed by atoms with Gasteiger partial charge in [0, 0.05) is 5.57 Å². The summed E-state index contributed by atoms with van der Waals surface area (Å²) in [4.78, 5) is 13.0. The first-order valence-electron chi connectivity index (χ1n) is 7.96. The lowest BCUT2D eigenvalue weighted by molar-refractivity contribution is -0.110. The van der Waals surface area contributed by atoms with Gasteiger partial charge in [-0.1, -0.05) is 82.9 Å². The van der Waals surface area contributed by atoms with E-state index in [1.165, 1.54) is 0 Å². The highest BCUT2D eigenvalue weighted by Gasteiger charge is 2.44. The molecule has 1 N–H and O–H groups in total. The summed E-state index contributed by atoms with van der Waals surface area (Å²) in [5.41, 5.74) is 1.06. The zero-order valence-electron chi connectivity index (χ0n) is 14.7. The molecule has 2 aromatic rings. The van der Waals surface area contributed by atoms with Crippen molar-refractivity contribution >= 4 is 24.3 Å². The van der Waals surface area contributed by atoms with E-state index < -0.39 is 14.2 Å². The summed E-state index contributed by atoms with van der Waals surface area (Å²) in [6, 6.07) is 13.7. The van der Waals surface area contributed by atoms with Crippen LogP contribution in [0.4, 0.5) is 0 Å². The van der Waals surface area contributed by atoms with Gasteiger partial charge in [-0.05, 0) is 21.4 Å². The van der Waals surface area contributed by atoms with E-state index in [1.54, 1.807) is 0 Å². The molecule has 0 bridgehead atoms. The number of carbonyl (C=O) groups is 1. The van der Waals surface area contributed by atoms with Crippen molar-refractivity contribution in [1.82, 2.24) is 0 Å². The molecule has 0 amide bonds. The lowest BCUT2D eigenvalue weighted by Crippen LogP contribution is -2.47. The van der Waals surface area contributed by atoms with Crippen LogP contribution in [0.3, 0.4) is 0 Å². The summed E-state index contributed by atoms with van der Waals surface area (Å²) in [5, 5.41) is 12.8. The monoisotopic (exact) mass is 326 g/mol. The van der Waals surface area contributed by atoms with Gasteiger partial charge in [0.05, 0.1) is 0 Å². The molecular weight excluding hydrogens is 300 g/mol. The Balaban J connectivity index is 2.42. The molecule has 0 radical (unpaired) electrons. The molecule has 2 rings (SSSR count). The second-order valence-corrected chi connectivity index (χ2v) is 12.9. The van der Waals surface area contributed by atoms with E-state index in [0.717, 1.165) is 16.3 Å². The molecule has 0 aromatic heterocycles. The second-order valence-electron chi connectivity index (χ2n) is 7.70. The van der Waals surface area contributed by atoms with Crippen molar-refractivity contribution in [3.63, 3.8) is 0 Å². The largest absolute Gasteiger partial charge is 0.384 e. The van der Waals surface area contributed by atoms with Crippen LogP contribution < -0.4 is 0 Å². The van der Waals surface area contributed by atoms with Gasteiger partial charge in [-0.3, -0.25) is 0 Å². The Labute approximate surface area is 139 Å². The van der Waals surface area contributed by atoms with Gasteiger partial charge in [-0.25, -0.2) is 0 Å². The Morgan fingerprint density at radius 1 is 1.09 bits per heavy atom. The number of aliphatic hydroxyl groups is 1. The van der Waals surface area contributed by atoms with Crippen molar-refractivity contribution < 1.29 is 9.90 Å². The molecule has 0 saturated heterocycles. The van der Waals surface area contributed by atoms with Crippen LogP contribution in [0.15, 0.2) is 54.6 Å². The van der Waals surface area contributed by atoms with Crippen LogP contribution in [-0.2, 0) is 4.79 Å². The molecule has 0 fully saturated rings. The molecule has 0 spiro atoms. The molecule has 0 saturated carbocycles. The van der Waals surface area contributed by atoms with E-state index in [-0.39, 0.29) is 10.4 Å². The lowest BCUT2D eigenvalue weighted by atomic mass is 9.97. The SMILES string of the molecule is C=C(C(=O)[Si](C)(C)C(C)(C)C)C(O)c1cccc2ccccc12. The van der Waals surface area contributed by atoms with Gasteiger partial charge < -0.3 is 9.90 Å². The van der Waals surface area contributed by atoms with Gasteiger partial charge in [0.25, 0.3) is 0 Å². The third kappa shape index (κ3) is 3.17. The molecule has 1 atom stereocenters. The first-order chi connectivity index (χ1) is 10.6. The summed E-state index contributed by atoms with van der Waals surface area (Å²) >= 11 is 0. The molecule has 2 aromatic carbocycles. The van der Waals surface area contributed by atoms with E-state index in [2.05, 4.69) is 40.4 Å². The standard InChI is InChI=1S/C20H26O2Si/c1-14(19(22)23(5,6)20(2,3)4)18(21)17-13-9-11-15-10-7-8-12-16(15)17/h7-13,18,21H,1H2,2-6H3. The van der Waals surface area contributed by atoms with Crippen LogP contribution in [0.25, 0.3) is 10.8 Å². The van der Waals surface area contributed by atoms with Crippen molar-refractivity contribution in [3.05, 3.63) is 60.2 Å². The number of aliphatic hydroxyl groups excluding tert-OH is 1. The highest BCUT2D eigenvalue weighted by Crippen LogP contribution is 2.40. The fraction of sp³-hybridized carbons (Fsp3) is 0.350. The Hall–Kier alpha value is -1.71. The first kappa shape index (κ1) is 17.6. The summed E-state index contributed by atoms with van der Waals surface area (Å²) in [6.45, 7) is 14.3. The third-order valence-corrected chi connectivity index (χ3v) is 10.4. The fourth-order valence-corrected chi connectivity index (χ4v) is 4.16. The molecule has 2 nitrogen and oxygen atoms in total. The molecule has 0 heterocycles. The van der Waals surface area contributed by atoms with E-state index >= 15 is 0 Å². The molecule has 122 valence electrons. The Morgan fingerprint density at radius 3 is 2.26 bits per heavy atom. The molecule has 23 heavy (non-hydrogen) atoms. The molecule has 0 aliphatic rings. The maximum absolute atomic E-state index is 13.0. The van der Waals surface area contributed by atoms with E-state index in [0.29, 0.717) is 5.57 Å². The van der Waals surface area contributed by atoms with Crippen LogP contribution in [0.1, 0.15) is 32.4 Å². The minimum atomic E-state index is -2.23. The van der Waals surface area contributed by atoms with E-state index in [1.807, 2.05) is 42.5 Å². The van der Waals surface area contributed by atoms with Crippen LogP contribution in [0, 0.1) is 0 Å². The molecule has 0 aliphatic heterocycles. The van der Waals surface area contributed by atoms with E-state index in [4.69, 9.17) is 0 Å². The second kappa shape index (κ2) is 6.06. The molecular formula is C20H26O2Si. The van der Waals surface area contributed by atoms with Gasteiger partial charge in [0.2, 0.25) is 0 Å². The number of hydrogen-bond donors (Lipinski definition) is 1.